The zero-order valence-corrected chi connectivity index (χ0v) is 14.5. The molecule has 0 radical (unpaired) electrons. The van der Waals surface area contributed by atoms with Gasteiger partial charge in [-0.25, -0.2) is 4.79 Å². The molecule has 7 heteroatoms. The number of carbonyl (C=O) groups is 1. The summed E-state index contributed by atoms with van der Waals surface area (Å²) in [5.74, 6) is 1.02. The van der Waals surface area contributed by atoms with Gasteiger partial charge in [0.15, 0.2) is 16.6 Å². The molecule has 2 aliphatic heterocycles. The maximum Gasteiger partial charge on any atom is 0.338 e. The first-order valence-corrected chi connectivity index (χ1v) is 8.42. The minimum absolute atomic E-state index is 0.207. The second-order valence-corrected chi connectivity index (χ2v) is 5.92. The van der Waals surface area contributed by atoms with Crippen molar-refractivity contribution in [2.24, 2.45) is 0 Å². The van der Waals surface area contributed by atoms with Crippen LogP contribution in [0.5, 0.6) is 11.5 Å². The number of esters is 1. The summed E-state index contributed by atoms with van der Waals surface area (Å²) in [5.41, 5.74) is 2.24. The third-order valence-corrected chi connectivity index (χ3v) is 4.10. The van der Waals surface area contributed by atoms with Gasteiger partial charge in [0.25, 0.3) is 0 Å². The Morgan fingerprint density at radius 1 is 1.33 bits per heavy atom. The number of ether oxygens (including phenoxy) is 3. The largest absolute Gasteiger partial charge is 0.463 e. The maximum atomic E-state index is 12.5. The molecule has 3 rings (SSSR count). The maximum absolute atomic E-state index is 12.5. The Morgan fingerprint density at radius 2 is 2.12 bits per heavy atom. The lowest BCUT2D eigenvalue weighted by Crippen LogP contribution is -2.45. The van der Waals surface area contributed by atoms with Gasteiger partial charge < -0.3 is 24.8 Å². The SMILES string of the molecule is CCCC1=C(C(=O)OCC)C(c2ccc3c(c2)OCO3)NC(=S)N1. The van der Waals surface area contributed by atoms with Gasteiger partial charge in [0.05, 0.1) is 18.2 Å². The van der Waals surface area contributed by atoms with Crippen LogP contribution in [0.4, 0.5) is 0 Å². The molecule has 2 N–H and O–H groups in total. The van der Waals surface area contributed by atoms with Gasteiger partial charge in [-0.3, -0.25) is 0 Å². The minimum Gasteiger partial charge on any atom is -0.463 e. The van der Waals surface area contributed by atoms with E-state index in [1.54, 1.807) is 6.92 Å². The molecule has 1 aromatic rings. The molecule has 24 heavy (non-hydrogen) atoms. The summed E-state index contributed by atoms with van der Waals surface area (Å²) in [7, 11) is 0. The van der Waals surface area contributed by atoms with Crippen LogP contribution in [-0.4, -0.2) is 24.5 Å². The van der Waals surface area contributed by atoms with E-state index < -0.39 is 0 Å². The van der Waals surface area contributed by atoms with E-state index in [1.807, 2.05) is 18.2 Å². The number of fused-ring (bicyclic) bond motifs is 1. The van der Waals surface area contributed by atoms with E-state index >= 15 is 0 Å². The molecule has 0 spiro atoms. The van der Waals surface area contributed by atoms with Crippen LogP contribution in [0.3, 0.4) is 0 Å². The molecular weight excluding hydrogens is 328 g/mol. The predicted molar refractivity (Wildman–Crippen MR) is 92.7 cm³/mol. The molecule has 0 aromatic heterocycles. The molecule has 0 saturated carbocycles. The quantitative estimate of drug-likeness (QED) is 0.626. The Labute approximate surface area is 146 Å². The monoisotopic (exact) mass is 348 g/mol. The topological polar surface area (TPSA) is 68.8 Å². The summed E-state index contributed by atoms with van der Waals surface area (Å²) < 4.78 is 16.1. The van der Waals surface area contributed by atoms with Crippen LogP contribution in [-0.2, 0) is 9.53 Å². The smallest absolute Gasteiger partial charge is 0.338 e. The highest BCUT2D eigenvalue weighted by atomic mass is 32.1. The van der Waals surface area contributed by atoms with Crippen LogP contribution in [0.15, 0.2) is 29.5 Å². The fourth-order valence-corrected chi connectivity index (χ4v) is 3.10. The summed E-state index contributed by atoms with van der Waals surface area (Å²) in [5, 5.41) is 6.76. The van der Waals surface area contributed by atoms with Crippen molar-refractivity contribution in [3.63, 3.8) is 0 Å². The molecule has 1 atom stereocenters. The lowest BCUT2D eigenvalue weighted by Gasteiger charge is -2.31. The number of allylic oxidation sites excluding steroid dienone is 1. The lowest BCUT2D eigenvalue weighted by molar-refractivity contribution is -0.139. The Hall–Kier alpha value is -2.28. The number of nitrogens with one attached hydrogen (secondary N) is 2. The molecule has 0 bridgehead atoms. The highest BCUT2D eigenvalue weighted by molar-refractivity contribution is 7.80. The Morgan fingerprint density at radius 3 is 2.88 bits per heavy atom. The fraction of sp³-hybridized carbons (Fsp3) is 0.412. The number of thiocarbonyl (C=S) groups is 1. The first-order chi connectivity index (χ1) is 11.6. The first kappa shape index (κ1) is 16.6. The van der Waals surface area contributed by atoms with Crippen molar-refractivity contribution in [3.8, 4) is 11.5 Å². The molecule has 128 valence electrons. The van der Waals surface area contributed by atoms with Crippen molar-refractivity contribution in [2.45, 2.75) is 32.7 Å². The van der Waals surface area contributed by atoms with Gasteiger partial charge in [0.2, 0.25) is 6.79 Å². The summed E-state index contributed by atoms with van der Waals surface area (Å²) >= 11 is 5.31. The van der Waals surface area contributed by atoms with Gasteiger partial charge in [-0.1, -0.05) is 19.4 Å². The van der Waals surface area contributed by atoms with Gasteiger partial charge in [0.1, 0.15) is 0 Å². The van der Waals surface area contributed by atoms with E-state index in [9.17, 15) is 4.79 Å². The summed E-state index contributed by atoms with van der Waals surface area (Å²) in [6.45, 7) is 4.37. The van der Waals surface area contributed by atoms with Crippen molar-refractivity contribution in [2.75, 3.05) is 13.4 Å². The molecule has 1 aromatic carbocycles. The molecule has 0 saturated heterocycles. The minimum atomic E-state index is -0.381. The molecular formula is C17H20N2O4S. The molecule has 0 aliphatic carbocycles. The van der Waals surface area contributed by atoms with Crippen LogP contribution in [0.2, 0.25) is 0 Å². The van der Waals surface area contributed by atoms with Crippen molar-refractivity contribution >= 4 is 23.3 Å². The number of hydrogen-bond acceptors (Lipinski definition) is 5. The number of rotatable bonds is 5. The third kappa shape index (κ3) is 3.17. The zero-order chi connectivity index (χ0) is 17.1. The van der Waals surface area contributed by atoms with Gasteiger partial charge in [-0.05, 0) is 43.3 Å². The Bertz CT molecular complexity index is 702. The van der Waals surface area contributed by atoms with Gasteiger partial charge in [-0.15, -0.1) is 0 Å². The van der Waals surface area contributed by atoms with Crippen LogP contribution in [0, 0.1) is 0 Å². The highest BCUT2D eigenvalue weighted by Gasteiger charge is 2.32. The van der Waals surface area contributed by atoms with Gasteiger partial charge in [0, 0.05) is 5.70 Å². The first-order valence-electron chi connectivity index (χ1n) is 8.01. The zero-order valence-electron chi connectivity index (χ0n) is 13.7. The van der Waals surface area contributed by atoms with Crippen LogP contribution in [0.25, 0.3) is 0 Å². The summed E-state index contributed by atoms with van der Waals surface area (Å²) in [6, 6.07) is 5.24. The Kier molecular flexibility index (Phi) is 4.89. The molecule has 6 nitrogen and oxygen atoms in total. The van der Waals surface area contributed by atoms with Crippen molar-refractivity contribution in [1.82, 2.24) is 10.6 Å². The van der Waals surface area contributed by atoms with Crippen LogP contribution in [0.1, 0.15) is 38.3 Å². The Balaban J connectivity index is 2.03. The second-order valence-electron chi connectivity index (χ2n) is 5.51. The number of hydrogen-bond donors (Lipinski definition) is 2. The molecule has 0 amide bonds. The van der Waals surface area contributed by atoms with Crippen molar-refractivity contribution in [1.29, 1.82) is 0 Å². The van der Waals surface area contributed by atoms with Crippen LogP contribution < -0.4 is 20.1 Å². The van der Waals surface area contributed by atoms with Crippen molar-refractivity contribution in [3.05, 3.63) is 35.0 Å². The van der Waals surface area contributed by atoms with Crippen LogP contribution >= 0.6 is 12.2 Å². The summed E-state index contributed by atoms with van der Waals surface area (Å²) in [4.78, 5) is 12.5. The van der Waals surface area contributed by atoms with Gasteiger partial charge >= 0.3 is 5.97 Å². The van der Waals surface area contributed by atoms with E-state index in [0.29, 0.717) is 28.8 Å². The average molecular weight is 348 g/mol. The van der Waals surface area contributed by atoms with Gasteiger partial charge in [-0.2, -0.15) is 0 Å². The third-order valence-electron chi connectivity index (χ3n) is 3.88. The lowest BCUT2D eigenvalue weighted by atomic mass is 9.93. The van der Waals surface area contributed by atoms with E-state index in [-0.39, 0.29) is 18.8 Å². The molecule has 2 aliphatic rings. The number of benzene rings is 1. The van der Waals surface area contributed by atoms with E-state index in [2.05, 4.69) is 17.6 Å². The molecule has 2 heterocycles. The number of carbonyl (C=O) groups excluding carboxylic acids is 1. The summed E-state index contributed by atoms with van der Waals surface area (Å²) in [6.07, 6.45) is 1.61. The molecule has 1 unspecified atom stereocenters. The highest BCUT2D eigenvalue weighted by Crippen LogP contribution is 2.37. The van der Waals surface area contributed by atoms with Crippen molar-refractivity contribution < 1.29 is 19.0 Å². The van der Waals surface area contributed by atoms with E-state index in [1.165, 1.54) is 0 Å². The second kappa shape index (κ2) is 7.09. The van der Waals surface area contributed by atoms with E-state index in [0.717, 1.165) is 24.1 Å². The van der Waals surface area contributed by atoms with E-state index in [4.69, 9.17) is 26.4 Å². The predicted octanol–water partition coefficient (Wildman–Crippen LogP) is 2.55. The fourth-order valence-electron chi connectivity index (χ4n) is 2.86. The standard InChI is InChI=1S/C17H20N2O4S/c1-3-5-11-14(16(20)21-4-2)15(19-17(24)18-11)10-6-7-12-13(8-10)23-9-22-12/h6-8,15H,3-5,9H2,1-2H3,(H2,18,19,24). The average Bonchev–Trinajstić information content (AvgIpc) is 3.02. The normalized spacial score (nSPS) is 18.9. The molecule has 0 fully saturated rings.